The monoisotopic (exact) mass is 435 g/mol. The van der Waals surface area contributed by atoms with E-state index in [0.717, 1.165) is 51.4 Å². The van der Waals surface area contributed by atoms with Gasteiger partial charge in [0.2, 0.25) is 5.91 Å². The number of aromatic nitrogens is 2. The number of anilines is 2. The molecule has 5 rings (SSSR count). The van der Waals surface area contributed by atoms with Crippen molar-refractivity contribution in [3.8, 4) is 11.1 Å². The van der Waals surface area contributed by atoms with Crippen molar-refractivity contribution in [2.24, 2.45) is 0 Å². The lowest BCUT2D eigenvalue weighted by Crippen LogP contribution is -2.46. The first-order valence-electron chi connectivity index (χ1n) is 11.3. The number of nitrogens with zero attached hydrogens (tertiary/aromatic N) is 4. The molecule has 1 amide bonds. The van der Waals surface area contributed by atoms with Crippen LogP contribution in [0.3, 0.4) is 0 Å². The Bertz CT molecular complexity index is 1050. The minimum absolute atomic E-state index is 0.0620. The summed E-state index contributed by atoms with van der Waals surface area (Å²) >= 11 is 1.74. The number of fused-ring (bicyclic) bond motifs is 1. The van der Waals surface area contributed by atoms with Crippen LogP contribution in [0.25, 0.3) is 21.5 Å². The van der Waals surface area contributed by atoms with Crippen LogP contribution >= 0.6 is 11.3 Å². The zero-order chi connectivity index (χ0) is 21.2. The maximum absolute atomic E-state index is 11.2. The van der Waals surface area contributed by atoms with Crippen molar-refractivity contribution < 1.29 is 4.79 Å². The summed E-state index contributed by atoms with van der Waals surface area (Å²) in [4.78, 5) is 25.8. The predicted molar refractivity (Wildman–Crippen MR) is 128 cm³/mol. The Hall–Kier alpha value is -2.51. The molecule has 0 bridgehead atoms. The van der Waals surface area contributed by atoms with E-state index in [9.17, 15) is 4.79 Å². The van der Waals surface area contributed by atoms with Crippen LogP contribution in [0.5, 0.6) is 0 Å². The molecule has 31 heavy (non-hydrogen) atoms. The van der Waals surface area contributed by atoms with Gasteiger partial charge in [0.25, 0.3) is 0 Å². The number of pyridine rings is 1. The first kappa shape index (κ1) is 20.4. The SMILES string of the molecule is CC(=O)Nc1ccc(-c2cnc3nc(N4CCC(N5CCCCC5)CC4)sc3c2)cc1. The fourth-order valence-electron chi connectivity index (χ4n) is 4.76. The van der Waals surface area contributed by atoms with E-state index in [4.69, 9.17) is 4.98 Å². The summed E-state index contributed by atoms with van der Waals surface area (Å²) in [7, 11) is 0. The van der Waals surface area contributed by atoms with E-state index in [1.165, 1.54) is 52.1 Å². The Morgan fingerprint density at radius 2 is 1.77 bits per heavy atom. The van der Waals surface area contributed by atoms with Gasteiger partial charge in [-0.3, -0.25) is 4.79 Å². The minimum Gasteiger partial charge on any atom is -0.348 e. The van der Waals surface area contributed by atoms with Crippen LogP contribution < -0.4 is 10.2 Å². The normalized spacial score (nSPS) is 18.4. The molecule has 2 saturated heterocycles. The second-order valence-electron chi connectivity index (χ2n) is 8.62. The molecule has 3 aromatic rings. The first-order chi connectivity index (χ1) is 15.2. The van der Waals surface area contributed by atoms with Crippen LogP contribution in [-0.4, -0.2) is 53.0 Å². The number of likely N-dealkylation sites (tertiary alicyclic amines) is 1. The lowest BCUT2D eigenvalue weighted by atomic mass is 10.0. The van der Waals surface area contributed by atoms with Gasteiger partial charge in [0.15, 0.2) is 10.8 Å². The van der Waals surface area contributed by atoms with Gasteiger partial charge in [0.1, 0.15) is 0 Å². The molecule has 0 saturated carbocycles. The Balaban J connectivity index is 1.28. The van der Waals surface area contributed by atoms with E-state index in [1.807, 2.05) is 30.5 Å². The summed E-state index contributed by atoms with van der Waals surface area (Å²) in [5.41, 5.74) is 3.79. The van der Waals surface area contributed by atoms with Crippen molar-refractivity contribution in [2.75, 3.05) is 36.4 Å². The molecule has 162 valence electrons. The molecular formula is C24H29N5OS. The van der Waals surface area contributed by atoms with Gasteiger partial charge in [-0.1, -0.05) is 29.9 Å². The van der Waals surface area contributed by atoms with E-state index in [0.29, 0.717) is 0 Å². The topological polar surface area (TPSA) is 61.4 Å². The second-order valence-corrected chi connectivity index (χ2v) is 9.62. The molecule has 4 heterocycles. The first-order valence-corrected chi connectivity index (χ1v) is 12.1. The fraction of sp³-hybridized carbons (Fsp3) is 0.458. The molecule has 0 spiro atoms. The molecular weight excluding hydrogens is 406 g/mol. The number of rotatable bonds is 4. The van der Waals surface area contributed by atoms with Gasteiger partial charge in [-0.05, 0) is 62.5 Å². The molecule has 0 aliphatic carbocycles. The lowest BCUT2D eigenvalue weighted by molar-refractivity contribution is -0.114. The van der Waals surface area contributed by atoms with Gasteiger partial charge in [0, 0.05) is 43.5 Å². The molecule has 2 fully saturated rings. The highest BCUT2D eigenvalue weighted by molar-refractivity contribution is 7.22. The van der Waals surface area contributed by atoms with Gasteiger partial charge in [0.05, 0.1) is 4.70 Å². The standard InChI is InChI=1S/C24H29N5OS/c1-17(30)26-20-7-5-18(6-8-20)19-15-22-23(25-16-19)27-24(31-22)29-13-9-21(10-14-29)28-11-3-2-4-12-28/h5-8,15-16,21H,2-4,9-14H2,1H3,(H,26,30). The maximum atomic E-state index is 11.2. The maximum Gasteiger partial charge on any atom is 0.221 e. The van der Waals surface area contributed by atoms with E-state index >= 15 is 0 Å². The van der Waals surface area contributed by atoms with Crippen LogP contribution in [0, 0.1) is 0 Å². The molecule has 6 nitrogen and oxygen atoms in total. The minimum atomic E-state index is -0.0620. The number of thiazole rings is 1. The van der Waals surface area contributed by atoms with E-state index < -0.39 is 0 Å². The third-order valence-corrected chi connectivity index (χ3v) is 7.47. The number of hydrogen-bond donors (Lipinski definition) is 1. The number of piperidine rings is 2. The molecule has 0 unspecified atom stereocenters. The van der Waals surface area contributed by atoms with Gasteiger partial charge >= 0.3 is 0 Å². The van der Waals surface area contributed by atoms with E-state index in [1.54, 1.807) is 11.3 Å². The third kappa shape index (κ3) is 4.57. The average Bonchev–Trinajstić information content (AvgIpc) is 3.23. The number of hydrogen-bond acceptors (Lipinski definition) is 6. The Morgan fingerprint density at radius 1 is 1.03 bits per heavy atom. The summed E-state index contributed by atoms with van der Waals surface area (Å²) in [6.07, 6.45) is 8.48. The smallest absolute Gasteiger partial charge is 0.221 e. The van der Waals surface area contributed by atoms with Crippen molar-refractivity contribution in [1.29, 1.82) is 0 Å². The lowest BCUT2D eigenvalue weighted by Gasteiger charge is -2.40. The van der Waals surface area contributed by atoms with Gasteiger partial charge in [-0.2, -0.15) is 4.98 Å². The van der Waals surface area contributed by atoms with Crippen LogP contribution in [0.1, 0.15) is 39.0 Å². The summed E-state index contributed by atoms with van der Waals surface area (Å²) in [5.74, 6) is -0.0620. The van der Waals surface area contributed by atoms with E-state index in [2.05, 4.69) is 26.2 Å². The van der Waals surface area contributed by atoms with Crippen molar-refractivity contribution in [2.45, 2.75) is 45.1 Å². The van der Waals surface area contributed by atoms with Crippen LogP contribution in [0.15, 0.2) is 36.5 Å². The summed E-state index contributed by atoms with van der Waals surface area (Å²) in [6.45, 7) is 6.24. The Kier molecular flexibility index (Phi) is 5.87. The average molecular weight is 436 g/mol. The van der Waals surface area contributed by atoms with Crippen molar-refractivity contribution in [3.63, 3.8) is 0 Å². The van der Waals surface area contributed by atoms with Crippen molar-refractivity contribution >= 4 is 38.4 Å². The highest BCUT2D eigenvalue weighted by atomic mass is 32.1. The molecule has 2 aliphatic rings. The predicted octanol–water partition coefficient (Wildman–Crippen LogP) is 4.77. The number of benzene rings is 1. The molecule has 0 radical (unpaired) electrons. The number of carbonyl (C=O) groups excluding carboxylic acids is 1. The van der Waals surface area contributed by atoms with Crippen molar-refractivity contribution in [3.05, 3.63) is 36.5 Å². The molecule has 2 aromatic heterocycles. The van der Waals surface area contributed by atoms with Gasteiger partial charge in [-0.25, -0.2) is 4.98 Å². The van der Waals surface area contributed by atoms with Crippen LogP contribution in [0.2, 0.25) is 0 Å². The summed E-state index contributed by atoms with van der Waals surface area (Å²) < 4.78 is 1.12. The molecule has 1 N–H and O–H groups in total. The highest BCUT2D eigenvalue weighted by Crippen LogP contribution is 2.33. The zero-order valence-electron chi connectivity index (χ0n) is 18.0. The fourth-order valence-corrected chi connectivity index (χ4v) is 5.77. The van der Waals surface area contributed by atoms with Crippen LogP contribution in [0.4, 0.5) is 10.8 Å². The molecule has 1 aromatic carbocycles. The van der Waals surface area contributed by atoms with Gasteiger partial charge < -0.3 is 15.1 Å². The second kappa shape index (κ2) is 8.93. The third-order valence-electron chi connectivity index (χ3n) is 6.42. The molecule has 7 heteroatoms. The Labute approximate surface area is 187 Å². The molecule has 0 atom stereocenters. The van der Waals surface area contributed by atoms with Gasteiger partial charge in [-0.15, -0.1) is 0 Å². The number of nitrogens with one attached hydrogen (secondary N) is 1. The van der Waals surface area contributed by atoms with E-state index in [-0.39, 0.29) is 5.91 Å². The summed E-state index contributed by atoms with van der Waals surface area (Å²) in [5, 5.41) is 3.90. The number of amides is 1. The molecule has 2 aliphatic heterocycles. The quantitative estimate of drug-likeness (QED) is 0.640. The highest BCUT2D eigenvalue weighted by Gasteiger charge is 2.27. The zero-order valence-corrected chi connectivity index (χ0v) is 18.8. The Morgan fingerprint density at radius 3 is 2.48 bits per heavy atom. The largest absolute Gasteiger partial charge is 0.348 e. The van der Waals surface area contributed by atoms with Crippen LogP contribution in [-0.2, 0) is 4.79 Å². The number of carbonyl (C=O) groups is 1. The summed E-state index contributed by atoms with van der Waals surface area (Å²) in [6, 6.07) is 10.8. The van der Waals surface area contributed by atoms with Crippen molar-refractivity contribution in [1.82, 2.24) is 14.9 Å².